The van der Waals surface area contributed by atoms with Crippen LogP contribution in [-0.2, 0) is 0 Å². The lowest BCUT2D eigenvalue weighted by molar-refractivity contribution is 0.112. The van der Waals surface area contributed by atoms with Crippen LogP contribution in [0.5, 0.6) is 5.75 Å². The number of amides is 1. The van der Waals surface area contributed by atoms with Gasteiger partial charge in [-0.15, -0.1) is 0 Å². The van der Waals surface area contributed by atoms with Gasteiger partial charge in [0.1, 0.15) is 5.75 Å². The van der Waals surface area contributed by atoms with E-state index in [0.717, 1.165) is 0 Å². The number of nitrogens with two attached hydrogens (primary N) is 1. The fourth-order valence-electron chi connectivity index (χ4n) is 0.802. The van der Waals surface area contributed by atoms with Crippen LogP contribution in [0.25, 0.3) is 0 Å². The summed E-state index contributed by atoms with van der Waals surface area (Å²) >= 11 is 5.61. The van der Waals surface area contributed by atoms with E-state index >= 15 is 0 Å². The van der Waals surface area contributed by atoms with Crippen LogP contribution in [-0.4, -0.2) is 12.4 Å². The molecule has 0 heterocycles. The molecule has 13 heavy (non-hydrogen) atoms. The predicted octanol–water partition coefficient (Wildman–Crippen LogP) is 1.61. The third-order valence-electron chi connectivity index (χ3n) is 1.31. The van der Waals surface area contributed by atoms with Crippen molar-refractivity contribution in [3.63, 3.8) is 0 Å². The smallest absolute Gasteiger partial charge is 0.409 e. The van der Waals surface area contributed by atoms with Gasteiger partial charge in [-0.25, -0.2) is 4.79 Å². The molecule has 0 aliphatic carbocycles. The lowest BCUT2D eigenvalue weighted by atomic mass is 10.2. The van der Waals surface area contributed by atoms with Crippen molar-refractivity contribution in [2.24, 2.45) is 5.73 Å². The second kappa shape index (κ2) is 3.91. The van der Waals surface area contributed by atoms with Crippen molar-refractivity contribution < 1.29 is 14.3 Å². The van der Waals surface area contributed by atoms with Gasteiger partial charge in [-0.3, -0.25) is 4.79 Å². The Bertz CT molecular complexity index is 351. The summed E-state index contributed by atoms with van der Waals surface area (Å²) in [5, 5.41) is 0.363. The van der Waals surface area contributed by atoms with Crippen LogP contribution in [0.4, 0.5) is 4.79 Å². The van der Waals surface area contributed by atoms with E-state index in [0.29, 0.717) is 11.3 Å². The molecule has 0 unspecified atom stereocenters. The van der Waals surface area contributed by atoms with Crippen molar-refractivity contribution in [1.82, 2.24) is 0 Å². The van der Waals surface area contributed by atoms with Gasteiger partial charge in [0.15, 0.2) is 6.29 Å². The molecular weight excluding hydrogens is 194 g/mol. The van der Waals surface area contributed by atoms with Crippen molar-refractivity contribution >= 4 is 24.0 Å². The van der Waals surface area contributed by atoms with Crippen molar-refractivity contribution in [1.29, 1.82) is 0 Å². The van der Waals surface area contributed by atoms with Crippen LogP contribution < -0.4 is 10.5 Å². The third kappa shape index (κ3) is 2.45. The predicted molar refractivity (Wildman–Crippen MR) is 47.1 cm³/mol. The first kappa shape index (κ1) is 9.54. The molecular formula is C8H6ClNO3. The Hall–Kier alpha value is -1.55. The normalized spacial score (nSPS) is 9.31. The van der Waals surface area contributed by atoms with Crippen LogP contribution in [0.3, 0.4) is 0 Å². The highest BCUT2D eigenvalue weighted by molar-refractivity contribution is 6.30. The molecule has 0 aliphatic rings. The fourth-order valence-corrected chi connectivity index (χ4v) is 0.964. The van der Waals surface area contributed by atoms with Gasteiger partial charge < -0.3 is 10.5 Å². The third-order valence-corrected chi connectivity index (χ3v) is 1.55. The first-order valence-corrected chi connectivity index (χ1v) is 3.73. The summed E-state index contributed by atoms with van der Waals surface area (Å²) in [6, 6.07) is 4.29. The molecule has 1 aromatic carbocycles. The van der Waals surface area contributed by atoms with Crippen LogP contribution in [0.2, 0.25) is 5.02 Å². The Labute approximate surface area is 79.2 Å². The number of rotatable bonds is 2. The number of carbonyl (C=O) groups is 2. The first-order valence-electron chi connectivity index (χ1n) is 3.35. The van der Waals surface area contributed by atoms with Gasteiger partial charge in [0.2, 0.25) is 0 Å². The largest absolute Gasteiger partial charge is 0.410 e. The minimum Gasteiger partial charge on any atom is -0.410 e. The molecule has 0 aliphatic heterocycles. The summed E-state index contributed by atoms with van der Waals surface area (Å²) < 4.78 is 4.54. The minimum atomic E-state index is -0.981. The van der Waals surface area contributed by atoms with E-state index in [-0.39, 0.29) is 11.3 Å². The molecule has 1 amide bonds. The summed E-state index contributed by atoms with van der Waals surface area (Å²) in [5.41, 5.74) is 5.00. The van der Waals surface area contributed by atoms with Crippen LogP contribution in [0.15, 0.2) is 18.2 Å². The molecule has 0 radical (unpaired) electrons. The Balaban J connectivity index is 3.07. The van der Waals surface area contributed by atoms with Gasteiger partial charge >= 0.3 is 6.09 Å². The summed E-state index contributed by atoms with van der Waals surface area (Å²) in [4.78, 5) is 20.8. The number of halogens is 1. The van der Waals surface area contributed by atoms with Crippen LogP contribution >= 0.6 is 11.6 Å². The van der Waals surface area contributed by atoms with E-state index in [9.17, 15) is 9.59 Å². The van der Waals surface area contributed by atoms with Gasteiger partial charge in [-0.1, -0.05) is 11.6 Å². The number of hydrogen-bond acceptors (Lipinski definition) is 3. The van der Waals surface area contributed by atoms with E-state index in [1.54, 1.807) is 0 Å². The number of aldehydes is 1. The number of ether oxygens (including phenoxy) is 1. The Morgan fingerprint density at radius 2 is 2.23 bits per heavy atom. The highest BCUT2D eigenvalue weighted by Gasteiger charge is 2.06. The molecule has 2 N–H and O–H groups in total. The molecule has 1 aromatic rings. The topological polar surface area (TPSA) is 69.4 Å². The molecule has 0 saturated carbocycles. The zero-order valence-electron chi connectivity index (χ0n) is 6.49. The maximum Gasteiger partial charge on any atom is 0.409 e. The molecule has 0 fully saturated rings. The van der Waals surface area contributed by atoms with E-state index in [1.807, 2.05) is 0 Å². The number of hydrogen-bond donors (Lipinski definition) is 1. The van der Waals surface area contributed by atoms with Gasteiger partial charge in [0.25, 0.3) is 0 Å². The second-order valence-electron chi connectivity index (χ2n) is 2.22. The standard InChI is InChI=1S/C8H6ClNO3/c9-6-2-1-5(4-11)7(3-6)13-8(10)12/h1-4H,(H2,10,12). The van der Waals surface area contributed by atoms with E-state index in [2.05, 4.69) is 4.74 Å². The van der Waals surface area contributed by atoms with Crippen LogP contribution in [0, 0.1) is 0 Å². The molecule has 0 aromatic heterocycles. The summed E-state index contributed by atoms with van der Waals surface area (Å²) in [7, 11) is 0. The molecule has 1 rings (SSSR count). The van der Waals surface area contributed by atoms with Gasteiger partial charge in [-0.2, -0.15) is 0 Å². The van der Waals surface area contributed by atoms with Gasteiger partial charge in [0.05, 0.1) is 5.56 Å². The number of primary amides is 1. The van der Waals surface area contributed by atoms with Gasteiger partial charge in [-0.05, 0) is 12.1 Å². The Morgan fingerprint density at radius 1 is 1.54 bits per heavy atom. The minimum absolute atomic E-state index is 0.0648. The summed E-state index contributed by atoms with van der Waals surface area (Å²) in [5.74, 6) is 0.0648. The second-order valence-corrected chi connectivity index (χ2v) is 2.66. The summed E-state index contributed by atoms with van der Waals surface area (Å²) in [6.07, 6.45) is -0.431. The van der Waals surface area contributed by atoms with E-state index < -0.39 is 6.09 Å². The van der Waals surface area contributed by atoms with Crippen molar-refractivity contribution in [2.45, 2.75) is 0 Å². The molecule has 5 heteroatoms. The molecule has 68 valence electrons. The molecule has 0 saturated heterocycles. The average molecular weight is 200 g/mol. The van der Waals surface area contributed by atoms with E-state index in [1.165, 1.54) is 18.2 Å². The zero-order valence-corrected chi connectivity index (χ0v) is 7.25. The average Bonchev–Trinajstić information content (AvgIpc) is 2.03. The zero-order chi connectivity index (χ0) is 9.84. The molecule has 4 nitrogen and oxygen atoms in total. The van der Waals surface area contributed by atoms with Crippen molar-refractivity contribution in [3.05, 3.63) is 28.8 Å². The summed E-state index contributed by atoms with van der Waals surface area (Å²) in [6.45, 7) is 0. The van der Waals surface area contributed by atoms with Crippen LogP contribution in [0.1, 0.15) is 10.4 Å². The molecule has 0 spiro atoms. The van der Waals surface area contributed by atoms with E-state index in [4.69, 9.17) is 17.3 Å². The lowest BCUT2D eigenvalue weighted by Crippen LogP contribution is -2.17. The highest BCUT2D eigenvalue weighted by atomic mass is 35.5. The van der Waals surface area contributed by atoms with Crippen molar-refractivity contribution in [2.75, 3.05) is 0 Å². The highest BCUT2D eigenvalue weighted by Crippen LogP contribution is 2.21. The quantitative estimate of drug-likeness (QED) is 0.736. The monoisotopic (exact) mass is 199 g/mol. The maximum absolute atomic E-state index is 10.4. The lowest BCUT2D eigenvalue weighted by Gasteiger charge is -2.03. The molecule has 0 bridgehead atoms. The Morgan fingerprint density at radius 3 is 2.77 bits per heavy atom. The number of benzene rings is 1. The van der Waals surface area contributed by atoms with Crippen molar-refractivity contribution in [3.8, 4) is 5.75 Å². The fraction of sp³-hybridized carbons (Fsp3) is 0. The Kier molecular flexibility index (Phi) is 2.87. The SMILES string of the molecule is NC(=O)Oc1cc(Cl)ccc1C=O. The maximum atomic E-state index is 10.4. The first-order chi connectivity index (χ1) is 6.13. The van der Waals surface area contributed by atoms with Gasteiger partial charge in [0, 0.05) is 11.1 Å². The molecule has 0 atom stereocenters. The number of carbonyl (C=O) groups excluding carboxylic acids is 2.